The maximum absolute atomic E-state index is 10.9. The predicted octanol–water partition coefficient (Wildman–Crippen LogP) is 4.72. The zero-order valence-corrected chi connectivity index (χ0v) is 13.8. The summed E-state index contributed by atoms with van der Waals surface area (Å²) in [5, 5.41) is 11.3. The van der Waals surface area contributed by atoms with E-state index < -0.39 is 5.97 Å². The molecule has 0 amide bonds. The summed E-state index contributed by atoms with van der Waals surface area (Å²) < 4.78 is 6.65. The Labute approximate surface area is 141 Å². The average Bonchev–Trinajstić information content (AvgIpc) is 2.53. The van der Waals surface area contributed by atoms with E-state index in [-0.39, 0.29) is 5.56 Å². The molecule has 3 aromatic carbocycles. The minimum atomic E-state index is -0.932. The zero-order chi connectivity index (χ0) is 15.5. The number of ether oxygens (including phenoxy) is 1. The van der Waals surface area contributed by atoms with Crippen LogP contribution in [-0.2, 0) is 6.61 Å². The quantitative estimate of drug-likeness (QED) is 0.641. The van der Waals surface area contributed by atoms with Gasteiger partial charge in [-0.3, -0.25) is 0 Å². The Morgan fingerprint density at radius 3 is 2.59 bits per heavy atom. The van der Waals surface area contributed by atoms with Gasteiger partial charge in [-0.25, -0.2) is 4.79 Å². The molecule has 0 saturated heterocycles. The van der Waals surface area contributed by atoms with Crippen molar-refractivity contribution in [2.45, 2.75) is 6.61 Å². The normalized spacial score (nSPS) is 10.6. The van der Waals surface area contributed by atoms with Crippen LogP contribution >= 0.6 is 22.6 Å². The summed E-state index contributed by atoms with van der Waals surface area (Å²) >= 11 is 2.09. The number of benzene rings is 3. The molecule has 3 nitrogen and oxygen atoms in total. The first kappa shape index (κ1) is 14.8. The van der Waals surface area contributed by atoms with Gasteiger partial charge in [0.05, 0.1) is 9.13 Å². The lowest BCUT2D eigenvalue weighted by atomic mass is 10.1. The van der Waals surface area contributed by atoms with Gasteiger partial charge in [0.1, 0.15) is 12.4 Å². The van der Waals surface area contributed by atoms with E-state index in [1.807, 2.05) is 24.3 Å². The molecule has 0 aromatic heterocycles. The van der Waals surface area contributed by atoms with Gasteiger partial charge in [0, 0.05) is 0 Å². The molecule has 22 heavy (non-hydrogen) atoms. The third-order valence-electron chi connectivity index (χ3n) is 3.44. The fourth-order valence-electron chi connectivity index (χ4n) is 2.32. The van der Waals surface area contributed by atoms with Crippen molar-refractivity contribution >= 4 is 39.3 Å². The molecule has 0 bridgehead atoms. The largest absolute Gasteiger partial charge is 0.488 e. The standard InChI is InChI=1S/C18H13IO3/c19-16-10-13(18(20)21)8-9-17(16)22-11-14-6-3-5-12-4-1-2-7-15(12)14/h1-10H,11H2,(H,20,21). The molecule has 0 saturated carbocycles. The highest BCUT2D eigenvalue weighted by Crippen LogP contribution is 2.25. The van der Waals surface area contributed by atoms with Crippen LogP contribution in [0.5, 0.6) is 5.75 Å². The van der Waals surface area contributed by atoms with Crippen molar-refractivity contribution in [3.05, 3.63) is 75.4 Å². The van der Waals surface area contributed by atoms with Crippen molar-refractivity contribution in [2.24, 2.45) is 0 Å². The first-order valence-corrected chi connectivity index (χ1v) is 7.85. The average molecular weight is 404 g/mol. The SMILES string of the molecule is O=C(O)c1ccc(OCc2cccc3ccccc23)c(I)c1. The van der Waals surface area contributed by atoms with Crippen LogP contribution in [0.1, 0.15) is 15.9 Å². The Hall–Kier alpha value is -2.08. The fraction of sp³-hybridized carbons (Fsp3) is 0.0556. The number of hydrogen-bond donors (Lipinski definition) is 1. The number of hydrogen-bond acceptors (Lipinski definition) is 2. The van der Waals surface area contributed by atoms with Crippen LogP contribution in [0, 0.1) is 3.57 Å². The molecule has 0 heterocycles. The van der Waals surface area contributed by atoms with Gasteiger partial charge in [0.25, 0.3) is 0 Å². The van der Waals surface area contributed by atoms with E-state index in [1.165, 1.54) is 10.8 Å². The second-order valence-corrected chi connectivity index (χ2v) is 6.04. The summed E-state index contributed by atoms with van der Waals surface area (Å²) in [5.41, 5.74) is 1.37. The first-order valence-electron chi connectivity index (χ1n) is 6.77. The van der Waals surface area contributed by atoms with Gasteiger partial charge in [-0.15, -0.1) is 0 Å². The summed E-state index contributed by atoms with van der Waals surface area (Å²) in [7, 11) is 0. The van der Waals surface area contributed by atoms with E-state index in [1.54, 1.807) is 18.2 Å². The van der Waals surface area contributed by atoms with Crippen LogP contribution < -0.4 is 4.74 Å². The van der Waals surface area contributed by atoms with E-state index in [0.717, 1.165) is 9.13 Å². The van der Waals surface area contributed by atoms with Gasteiger partial charge in [0.2, 0.25) is 0 Å². The van der Waals surface area contributed by atoms with Gasteiger partial charge in [-0.05, 0) is 57.1 Å². The number of carboxylic acid groups (broad SMARTS) is 1. The summed E-state index contributed by atoms with van der Waals surface area (Å²) in [6.07, 6.45) is 0. The van der Waals surface area contributed by atoms with Gasteiger partial charge >= 0.3 is 5.97 Å². The molecule has 3 aromatic rings. The lowest BCUT2D eigenvalue weighted by Crippen LogP contribution is -2.01. The van der Waals surface area contributed by atoms with Crippen molar-refractivity contribution < 1.29 is 14.6 Å². The molecule has 0 unspecified atom stereocenters. The summed E-state index contributed by atoms with van der Waals surface area (Å²) in [6.45, 7) is 0.448. The molecule has 0 radical (unpaired) electrons. The second kappa shape index (κ2) is 6.36. The summed E-state index contributed by atoms with van der Waals surface area (Å²) in [6, 6.07) is 19.2. The van der Waals surface area contributed by atoms with Crippen LogP contribution in [0.25, 0.3) is 10.8 Å². The van der Waals surface area contributed by atoms with Gasteiger partial charge in [-0.2, -0.15) is 0 Å². The second-order valence-electron chi connectivity index (χ2n) is 4.88. The number of fused-ring (bicyclic) bond motifs is 1. The Bertz CT molecular complexity index is 837. The smallest absolute Gasteiger partial charge is 0.335 e. The van der Waals surface area contributed by atoms with Crippen LogP contribution in [0.3, 0.4) is 0 Å². The maximum Gasteiger partial charge on any atom is 0.335 e. The Morgan fingerprint density at radius 1 is 1.05 bits per heavy atom. The van der Waals surface area contributed by atoms with Crippen LogP contribution in [0.15, 0.2) is 60.7 Å². The molecule has 0 aliphatic rings. The van der Waals surface area contributed by atoms with Crippen molar-refractivity contribution in [1.29, 1.82) is 0 Å². The van der Waals surface area contributed by atoms with Crippen molar-refractivity contribution in [3.8, 4) is 5.75 Å². The number of aromatic carboxylic acids is 1. The number of carboxylic acids is 1. The fourth-order valence-corrected chi connectivity index (χ4v) is 3.00. The monoisotopic (exact) mass is 404 g/mol. The molecule has 110 valence electrons. The highest BCUT2D eigenvalue weighted by Gasteiger charge is 2.08. The van der Waals surface area contributed by atoms with Gasteiger partial charge in [-0.1, -0.05) is 42.5 Å². The molecular formula is C18H13IO3. The van der Waals surface area contributed by atoms with E-state index in [2.05, 4.69) is 40.8 Å². The van der Waals surface area contributed by atoms with E-state index in [9.17, 15) is 4.79 Å². The maximum atomic E-state index is 10.9. The lowest BCUT2D eigenvalue weighted by molar-refractivity contribution is 0.0696. The molecule has 1 N–H and O–H groups in total. The number of carbonyl (C=O) groups is 1. The molecule has 0 spiro atoms. The molecular weight excluding hydrogens is 391 g/mol. The Kier molecular flexibility index (Phi) is 4.29. The van der Waals surface area contributed by atoms with Crippen molar-refractivity contribution in [1.82, 2.24) is 0 Å². The predicted molar refractivity (Wildman–Crippen MR) is 94.4 cm³/mol. The highest BCUT2D eigenvalue weighted by atomic mass is 127. The molecule has 0 aliphatic carbocycles. The van der Waals surface area contributed by atoms with Crippen molar-refractivity contribution in [2.75, 3.05) is 0 Å². The van der Waals surface area contributed by atoms with E-state index in [0.29, 0.717) is 12.4 Å². The molecule has 0 fully saturated rings. The zero-order valence-electron chi connectivity index (χ0n) is 11.6. The number of rotatable bonds is 4. The van der Waals surface area contributed by atoms with Crippen LogP contribution in [0.4, 0.5) is 0 Å². The summed E-state index contributed by atoms with van der Waals surface area (Å²) in [5.74, 6) is -0.239. The lowest BCUT2D eigenvalue weighted by Gasteiger charge is -2.11. The topological polar surface area (TPSA) is 46.5 Å². The van der Waals surface area contributed by atoms with Gasteiger partial charge in [0.15, 0.2) is 0 Å². The third-order valence-corrected chi connectivity index (χ3v) is 4.28. The van der Waals surface area contributed by atoms with Gasteiger partial charge < -0.3 is 9.84 Å². The van der Waals surface area contributed by atoms with E-state index >= 15 is 0 Å². The molecule has 0 atom stereocenters. The van der Waals surface area contributed by atoms with Crippen molar-refractivity contribution in [3.63, 3.8) is 0 Å². The Morgan fingerprint density at radius 2 is 1.82 bits per heavy atom. The number of halogens is 1. The first-order chi connectivity index (χ1) is 10.6. The van der Waals surface area contributed by atoms with Crippen LogP contribution in [-0.4, -0.2) is 11.1 Å². The highest BCUT2D eigenvalue weighted by molar-refractivity contribution is 14.1. The Balaban J connectivity index is 1.84. The minimum absolute atomic E-state index is 0.266. The molecule has 4 heteroatoms. The molecule has 0 aliphatic heterocycles. The van der Waals surface area contributed by atoms with Crippen LogP contribution in [0.2, 0.25) is 0 Å². The third kappa shape index (κ3) is 3.06. The molecule has 3 rings (SSSR count). The summed E-state index contributed by atoms with van der Waals surface area (Å²) in [4.78, 5) is 10.9. The minimum Gasteiger partial charge on any atom is -0.488 e. The van der Waals surface area contributed by atoms with E-state index in [4.69, 9.17) is 9.84 Å².